The van der Waals surface area contributed by atoms with E-state index in [0.29, 0.717) is 31.5 Å². The molecular weight excluding hydrogens is 372 g/mol. The fourth-order valence-electron chi connectivity index (χ4n) is 2.90. The summed E-state index contributed by atoms with van der Waals surface area (Å²) < 4.78 is 17.2. The van der Waals surface area contributed by atoms with Crippen molar-refractivity contribution < 1.29 is 14.2 Å². The topological polar surface area (TPSA) is 43.0 Å². The molecular formula is C22H26N2O3S. The van der Waals surface area contributed by atoms with Crippen molar-refractivity contribution in [1.82, 2.24) is 5.32 Å². The van der Waals surface area contributed by atoms with Crippen LogP contribution in [0.15, 0.2) is 55.1 Å². The molecule has 5 nitrogen and oxygen atoms in total. The van der Waals surface area contributed by atoms with E-state index in [4.69, 9.17) is 26.4 Å². The van der Waals surface area contributed by atoms with Crippen molar-refractivity contribution in [2.45, 2.75) is 19.9 Å². The molecule has 0 aliphatic carbocycles. The normalized spacial score (nSPS) is 12.2. The van der Waals surface area contributed by atoms with Gasteiger partial charge in [0, 0.05) is 23.9 Å². The molecule has 6 heteroatoms. The highest BCUT2D eigenvalue weighted by molar-refractivity contribution is 7.80. The Balaban J connectivity index is 1.90. The molecule has 0 amide bonds. The highest BCUT2D eigenvalue weighted by atomic mass is 32.1. The largest absolute Gasteiger partial charge is 0.489 e. The molecule has 1 aliphatic heterocycles. The van der Waals surface area contributed by atoms with Crippen LogP contribution in [0.2, 0.25) is 0 Å². The van der Waals surface area contributed by atoms with E-state index in [9.17, 15) is 0 Å². The SMILES string of the molecule is C=CCOc1ccccc1CN(C(=S)NCCC)c1ccc2c(c1)OCCO2. The van der Waals surface area contributed by atoms with Gasteiger partial charge in [0.1, 0.15) is 25.6 Å². The zero-order chi connectivity index (χ0) is 19.8. The lowest BCUT2D eigenvalue weighted by Gasteiger charge is -2.28. The lowest BCUT2D eigenvalue weighted by Crippen LogP contribution is -2.39. The maximum Gasteiger partial charge on any atom is 0.173 e. The van der Waals surface area contributed by atoms with Gasteiger partial charge in [-0.05, 0) is 36.8 Å². The van der Waals surface area contributed by atoms with Gasteiger partial charge in [-0.2, -0.15) is 0 Å². The number of nitrogens with one attached hydrogen (secondary N) is 1. The van der Waals surface area contributed by atoms with E-state index in [1.165, 1.54) is 0 Å². The number of hydrogen-bond donors (Lipinski definition) is 1. The van der Waals surface area contributed by atoms with Gasteiger partial charge in [0.25, 0.3) is 0 Å². The third-order valence-corrected chi connectivity index (χ3v) is 4.63. The molecule has 0 fully saturated rings. The molecule has 0 saturated heterocycles. The molecule has 0 atom stereocenters. The Morgan fingerprint density at radius 2 is 2.00 bits per heavy atom. The second-order valence-corrected chi connectivity index (χ2v) is 6.74. The van der Waals surface area contributed by atoms with Gasteiger partial charge < -0.3 is 24.4 Å². The smallest absolute Gasteiger partial charge is 0.173 e. The molecule has 1 aliphatic rings. The quantitative estimate of drug-likeness (QED) is 0.528. The Bertz CT molecular complexity index is 825. The summed E-state index contributed by atoms with van der Waals surface area (Å²) in [6.45, 7) is 8.80. The first-order chi connectivity index (χ1) is 13.7. The number of hydrogen-bond acceptors (Lipinski definition) is 4. The summed E-state index contributed by atoms with van der Waals surface area (Å²) >= 11 is 5.69. The van der Waals surface area contributed by atoms with Crippen LogP contribution < -0.4 is 24.4 Å². The first-order valence-electron chi connectivity index (χ1n) is 9.49. The Hall–Kier alpha value is -2.73. The van der Waals surface area contributed by atoms with Gasteiger partial charge in [-0.15, -0.1) is 0 Å². The van der Waals surface area contributed by atoms with Gasteiger partial charge in [-0.25, -0.2) is 0 Å². The molecule has 1 heterocycles. The number of fused-ring (bicyclic) bond motifs is 1. The van der Waals surface area contributed by atoms with Crippen LogP contribution in [-0.2, 0) is 6.54 Å². The van der Waals surface area contributed by atoms with Crippen molar-refractivity contribution in [2.75, 3.05) is 31.3 Å². The zero-order valence-electron chi connectivity index (χ0n) is 16.1. The zero-order valence-corrected chi connectivity index (χ0v) is 17.0. The van der Waals surface area contributed by atoms with Crippen molar-refractivity contribution in [3.63, 3.8) is 0 Å². The van der Waals surface area contributed by atoms with Crippen LogP contribution in [0, 0.1) is 0 Å². The number of ether oxygens (including phenoxy) is 3. The molecule has 2 aromatic carbocycles. The lowest BCUT2D eigenvalue weighted by atomic mass is 10.1. The molecule has 0 radical (unpaired) electrons. The molecule has 0 aromatic heterocycles. The van der Waals surface area contributed by atoms with Gasteiger partial charge in [-0.3, -0.25) is 0 Å². The molecule has 148 valence electrons. The van der Waals surface area contributed by atoms with Gasteiger partial charge in [0.2, 0.25) is 0 Å². The molecule has 3 rings (SSSR count). The standard InChI is InChI=1S/C22H26N2O3S/c1-3-11-23-22(28)24(16-17-7-5-6-8-19(17)25-12-4-2)18-9-10-20-21(15-18)27-14-13-26-20/h4-10,15H,2-3,11-14,16H2,1H3,(H,23,28). The fraction of sp³-hybridized carbons (Fsp3) is 0.318. The predicted molar refractivity (Wildman–Crippen MR) is 117 cm³/mol. The highest BCUT2D eigenvalue weighted by Crippen LogP contribution is 2.35. The summed E-state index contributed by atoms with van der Waals surface area (Å²) in [5.74, 6) is 2.32. The predicted octanol–water partition coefficient (Wildman–Crippen LogP) is 4.31. The average molecular weight is 399 g/mol. The van der Waals surface area contributed by atoms with Crippen LogP contribution >= 0.6 is 12.2 Å². The van der Waals surface area contributed by atoms with E-state index in [0.717, 1.165) is 41.5 Å². The maximum absolute atomic E-state index is 5.82. The van der Waals surface area contributed by atoms with Gasteiger partial charge >= 0.3 is 0 Å². The second kappa shape index (κ2) is 9.99. The lowest BCUT2D eigenvalue weighted by molar-refractivity contribution is 0.171. The van der Waals surface area contributed by atoms with Crippen LogP contribution in [-0.4, -0.2) is 31.5 Å². The number of nitrogens with zero attached hydrogens (tertiary/aromatic N) is 1. The molecule has 0 saturated carbocycles. The number of rotatable bonds is 8. The van der Waals surface area contributed by atoms with Gasteiger partial charge in [0.15, 0.2) is 16.6 Å². The van der Waals surface area contributed by atoms with E-state index in [1.54, 1.807) is 6.08 Å². The third kappa shape index (κ3) is 4.95. The minimum Gasteiger partial charge on any atom is -0.489 e. The van der Waals surface area contributed by atoms with Crippen LogP contribution in [0.5, 0.6) is 17.2 Å². The number of thiocarbonyl (C=S) groups is 1. The summed E-state index contributed by atoms with van der Waals surface area (Å²) in [5, 5.41) is 3.99. The Kier molecular flexibility index (Phi) is 7.14. The Labute approximate surface area is 171 Å². The molecule has 2 aromatic rings. The minimum absolute atomic E-state index is 0.458. The van der Waals surface area contributed by atoms with E-state index in [1.807, 2.05) is 42.5 Å². The monoisotopic (exact) mass is 398 g/mol. The minimum atomic E-state index is 0.458. The van der Waals surface area contributed by atoms with Crippen molar-refractivity contribution in [3.8, 4) is 17.2 Å². The van der Waals surface area contributed by atoms with Crippen molar-refractivity contribution >= 4 is 23.0 Å². The van der Waals surface area contributed by atoms with E-state index < -0.39 is 0 Å². The summed E-state index contributed by atoms with van der Waals surface area (Å²) in [5.41, 5.74) is 1.98. The van der Waals surface area contributed by atoms with Crippen molar-refractivity contribution in [3.05, 3.63) is 60.7 Å². The van der Waals surface area contributed by atoms with Gasteiger partial charge in [0.05, 0.1) is 6.54 Å². The molecule has 28 heavy (non-hydrogen) atoms. The van der Waals surface area contributed by atoms with Crippen LogP contribution in [0.3, 0.4) is 0 Å². The molecule has 0 spiro atoms. The van der Waals surface area contributed by atoms with E-state index in [-0.39, 0.29) is 0 Å². The molecule has 0 bridgehead atoms. The average Bonchev–Trinajstić information content (AvgIpc) is 2.74. The summed E-state index contributed by atoms with van der Waals surface area (Å²) in [6, 6.07) is 13.9. The van der Waals surface area contributed by atoms with E-state index in [2.05, 4.69) is 23.7 Å². The van der Waals surface area contributed by atoms with Crippen LogP contribution in [0.1, 0.15) is 18.9 Å². The summed E-state index contributed by atoms with van der Waals surface area (Å²) in [4.78, 5) is 2.05. The summed E-state index contributed by atoms with van der Waals surface area (Å²) in [6.07, 6.45) is 2.73. The molecule has 0 unspecified atom stereocenters. The van der Waals surface area contributed by atoms with Crippen molar-refractivity contribution in [1.29, 1.82) is 0 Å². The highest BCUT2D eigenvalue weighted by Gasteiger charge is 2.19. The van der Waals surface area contributed by atoms with Gasteiger partial charge in [-0.1, -0.05) is 37.8 Å². The van der Waals surface area contributed by atoms with E-state index >= 15 is 0 Å². The number of anilines is 1. The van der Waals surface area contributed by atoms with Crippen molar-refractivity contribution in [2.24, 2.45) is 0 Å². The second-order valence-electron chi connectivity index (χ2n) is 6.35. The fourth-order valence-corrected chi connectivity index (χ4v) is 3.17. The molecule has 1 N–H and O–H groups in total. The number of para-hydroxylation sites is 1. The van der Waals surface area contributed by atoms with Crippen LogP contribution in [0.25, 0.3) is 0 Å². The first-order valence-corrected chi connectivity index (χ1v) is 9.90. The Morgan fingerprint density at radius 1 is 1.21 bits per heavy atom. The third-order valence-electron chi connectivity index (χ3n) is 4.27. The summed E-state index contributed by atoms with van der Waals surface area (Å²) in [7, 11) is 0. The number of benzene rings is 2. The van der Waals surface area contributed by atoms with Crippen LogP contribution in [0.4, 0.5) is 5.69 Å². The Morgan fingerprint density at radius 3 is 2.79 bits per heavy atom. The first kappa shape index (κ1) is 20.0. The maximum atomic E-state index is 5.82.